The number of carbonyl (C=O) groups excluding carboxylic acids is 1. The zero-order valence-electron chi connectivity index (χ0n) is 23.3. The number of hydrogen-bond acceptors (Lipinski definition) is 5. The highest BCUT2D eigenvalue weighted by molar-refractivity contribution is 6.02. The van der Waals surface area contributed by atoms with Gasteiger partial charge in [0.25, 0.3) is 0 Å². The van der Waals surface area contributed by atoms with E-state index in [2.05, 4.69) is 29.4 Å². The summed E-state index contributed by atoms with van der Waals surface area (Å²) < 4.78 is 11.3. The Labute approximate surface area is 236 Å². The minimum absolute atomic E-state index is 0.383. The molecule has 0 aliphatic heterocycles. The molecule has 1 fully saturated rings. The fourth-order valence-corrected chi connectivity index (χ4v) is 4.99. The van der Waals surface area contributed by atoms with Crippen molar-refractivity contribution in [1.29, 1.82) is 0 Å². The summed E-state index contributed by atoms with van der Waals surface area (Å²) in [6.45, 7) is 5.23. The van der Waals surface area contributed by atoms with Gasteiger partial charge in [0.05, 0.1) is 11.4 Å². The largest absolute Gasteiger partial charge is 0.489 e. The van der Waals surface area contributed by atoms with Crippen LogP contribution in [-0.4, -0.2) is 36.3 Å². The Kier molecular flexibility index (Phi) is 10.3. The van der Waals surface area contributed by atoms with Gasteiger partial charge in [0.15, 0.2) is 6.61 Å². The average molecular weight is 546 g/mol. The molecule has 3 aromatic rings. The molecular formula is C32H39N3O5. The van der Waals surface area contributed by atoms with Crippen molar-refractivity contribution in [3.63, 3.8) is 0 Å². The Hall–Kier alpha value is -4.20. The quantitative estimate of drug-likeness (QED) is 0.223. The van der Waals surface area contributed by atoms with Gasteiger partial charge in [-0.3, -0.25) is 0 Å². The van der Waals surface area contributed by atoms with E-state index in [0.29, 0.717) is 41.4 Å². The van der Waals surface area contributed by atoms with Crippen LogP contribution in [0.25, 0.3) is 0 Å². The third kappa shape index (κ3) is 8.66. The molecule has 1 aliphatic rings. The second kappa shape index (κ2) is 14.3. The summed E-state index contributed by atoms with van der Waals surface area (Å²) >= 11 is 0. The van der Waals surface area contributed by atoms with Crippen molar-refractivity contribution in [2.75, 3.05) is 28.7 Å². The molecule has 4 rings (SSSR count). The minimum atomic E-state index is -1.06. The summed E-state index contributed by atoms with van der Waals surface area (Å²) in [4.78, 5) is 26.6. The first-order valence-corrected chi connectivity index (χ1v) is 14.0. The lowest BCUT2D eigenvalue weighted by Gasteiger charge is -2.38. The number of carboxylic acids is 1. The van der Waals surface area contributed by atoms with Gasteiger partial charge in [-0.15, -0.1) is 0 Å². The predicted octanol–water partition coefficient (Wildman–Crippen LogP) is 7.17. The van der Waals surface area contributed by atoms with Crippen LogP contribution >= 0.6 is 0 Å². The molecule has 0 heterocycles. The van der Waals surface area contributed by atoms with E-state index in [-0.39, 0.29) is 0 Å². The van der Waals surface area contributed by atoms with Crippen LogP contribution in [-0.2, 0) is 11.4 Å². The number of benzene rings is 3. The van der Waals surface area contributed by atoms with E-state index in [1.807, 2.05) is 48.5 Å². The van der Waals surface area contributed by atoms with Gasteiger partial charge >= 0.3 is 12.0 Å². The van der Waals surface area contributed by atoms with Crippen LogP contribution in [0.2, 0.25) is 0 Å². The number of ether oxygens (including phenoxy) is 2. The third-order valence-electron chi connectivity index (χ3n) is 6.83. The third-order valence-corrected chi connectivity index (χ3v) is 6.83. The number of aliphatic carboxylic acids is 1. The molecule has 2 amide bonds. The Morgan fingerprint density at radius 3 is 2.27 bits per heavy atom. The van der Waals surface area contributed by atoms with Gasteiger partial charge in [0.1, 0.15) is 18.1 Å². The monoisotopic (exact) mass is 545 g/mol. The van der Waals surface area contributed by atoms with E-state index >= 15 is 0 Å². The maximum absolute atomic E-state index is 13.1. The maximum atomic E-state index is 13.1. The van der Waals surface area contributed by atoms with Crippen molar-refractivity contribution in [3.05, 3.63) is 78.4 Å². The summed E-state index contributed by atoms with van der Waals surface area (Å²) in [7, 11) is 0. The molecular weight excluding hydrogens is 506 g/mol. The molecule has 3 aromatic carbocycles. The Morgan fingerprint density at radius 1 is 0.900 bits per heavy atom. The number of carboxylic acid groups (broad SMARTS) is 1. The van der Waals surface area contributed by atoms with Crippen molar-refractivity contribution >= 4 is 29.1 Å². The highest BCUT2D eigenvalue weighted by Crippen LogP contribution is 2.36. The molecule has 0 aromatic heterocycles. The van der Waals surface area contributed by atoms with Crippen molar-refractivity contribution in [2.45, 2.75) is 58.6 Å². The molecule has 0 bridgehead atoms. The molecule has 40 heavy (non-hydrogen) atoms. The van der Waals surface area contributed by atoms with Gasteiger partial charge in [-0.1, -0.05) is 63.4 Å². The van der Waals surface area contributed by atoms with Crippen molar-refractivity contribution in [2.24, 2.45) is 5.92 Å². The highest BCUT2D eigenvalue weighted by atomic mass is 16.5. The molecule has 0 saturated heterocycles. The van der Waals surface area contributed by atoms with E-state index < -0.39 is 18.6 Å². The molecule has 0 unspecified atom stereocenters. The van der Waals surface area contributed by atoms with Crippen LogP contribution in [0.15, 0.2) is 72.8 Å². The lowest BCUT2D eigenvalue weighted by molar-refractivity contribution is -0.139. The Bertz CT molecular complexity index is 1240. The number of rotatable bonds is 12. The summed E-state index contributed by atoms with van der Waals surface area (Å²) in [6, 6.07) is 22.5. The van der Waals surface area contributed by atoms with Gasteiger partial charge < -0.3 is 30.1 Å². The van der Waals surface area contributed by atoms with E-state index in [1.165, 1.54) is 19.3 Å². The first-order chi connectivity index (χ1) is 19.4. The molecule has 1 aliphatic carbocycles. The molecule has 212 valence electrons. The van der Waals surface area contributed by atoms with Crippen LogP contribution in [0.5, 0.6) is 11.5 Å². The van der Waals surface area contributed by atoms with Gasteiger partial charge in [0, 0.05) is 24.3 Å². The summed E-state index contributed by atoms with van der Waals surface area (Å²) in [6.07, 6.45) is 5.83. The molecule has 0 radical (unpaired) electrons. The number of nitrogens with one attached hydrogen (secondary N) is 2. The smallest absolute Gasteiger partial charge is 0.341 e. The fraction of sp³-hybridized carbons (Fsp3) is 0.375. The average Bonchev–Trinajstić information content (AvgIpc) is 2.95. The molecule has 1 saturated carbocycles. The zero-order valence-corrected chi connectivity index (χ0v) is 23.3. The first kappa shape index (κ1) is 28.8. The normalized spacial score (nSPS) is 13.5. The van der Waals surface area contributed by atoms with E-state index in [1.54, 1.807) is 24.3 Å². The summed E-state index contributed by atoms with van der Waals surface area (Å²) in [5.74, 6) is 0.456. The zero-order chi connectivity index (χ0) is 28.3. The number of amides is 2. The lowest BCUT2D eigenvalue weighted by Crippen LogP contribution is -2.40. The van der Waals surface area contributed by atoms with Crippen LogP contribution in [0.1, 0.15) is 51.5 Å². The number of urea groups is 1. The van der Waals surface area contributed by atoms with Crippen LogP contribution in [0.3, 0.4) is 0 Å². The summed E-state index contributed by atoms with van der Waals surface area (Å²) in [5.41, 5.74) is 3.18. The SMILES string of the molecule is CC(C)CN(c1ccc(OCC(=O)O)cc1NC(=O)Nc1ccc(OCc2ccccc2)cc1)C1CCCCC1. The van der Waals surface area contributed by atoms with Gasteiger partial charge in [-0.25, -0.2) is 9.59 Å². The van der Waals surface area contributed by atoms with Gasteiger partial charge in [-0.2, -0.15) is 0 Å². The number of carbonyl (C=O) groups is 2. The summed E-state index contributed by atoms with van der Waals surface area (Å²) in [5, 5.41) is 14.9. The second-order valence-corrected chi connectivity index (χ2v) is 10.6. The van der Waals surface area contributed by atoms with Crippen molar-refractivity contribution in [3.8, 4) is 11.5 Å². The van der Waals surface area contributed by atoms with Crippen LogP contribution < -0.4 is 25.0 Å². The van der Waals surface area contributed by atoms with E-state index in [4.69, 9.17) is 14.6 Å². The number of anilines is 3. The topological polar surface area (TPSA) is 100 Å². The molecule has 0 spiro atoms. The fourth-order valence-electron chi connectivity index (χ4n) is 4.99. The van der Waals surface area contributed by atoms with Gasteiger partial charge in [0.2, 0.25) is 0 Å². The highest BCUT2D eigenvalue weighted by Gasteiger charge is 2.25. The Balaban J connectivity index is 1.48. The molecule has 8 nitrogen and oxygen atoms in total. The molecule has 8 heteroatoms. The van der Waals surface area contributed by atoms with Gasteiger partial charge in [-0.05, 0) is 60.7 Å². The first-order valence-electron chi connectivity index (χ1n) is 14.0. The molecule has 0 atom stereocenters. The predicted molar refractivity (Wildman–Crippen MR) is 158 cm³/mol. The van der Waals surface area contributed by atoms with E-state index in [0.717, 1.165) is 30.6 Å². The van der Waals surface area contributed by atoms with Crippen molar-refractivity contribution in [1.82, 2.24) is 0 Å². The standard InChI is InChI=1S/C32H39N3O5/c1-23(2)20-35(26-11-7-4-8-12-26)30-18-17-28(40-22-31(36)37)19-29(30)34-32(38)33-25-13-15-27(16-14-25)39-21-24-9-5-3-6-10-24/h3,5-6,9-10,13-19,23,26H,4,7-8,11-12,20-22H2,1-2H3,(H,36,37)(H2,33,34,38). The van der Waals surface area contributed by atoms with Crippen LogP contribution in [0, 0.1) is 5.92 Å². The van der Waals surface area contributed by atoms with E-state index in [9.17, 15) is 9.59 Å². The maximum Gasteiger partial charge on any atom is 0.341 e. The lowest BCUT2D eigenvalue weighted by atomic mass is 9.93. The van der Waals surface area contributed by atoms with Crippen molar-refractivity contribution < 1.29 is 24.2 Å². The number of hydrogen-bond donors (Lipinski definition) is 3. The second-order valence-electron chi connectivity index (χ2n) is 10.6. The molecule has 3 N–H and O–H groups in total. The van der Waals surface area contributed by atoms with Crippen LogP contribution in [0.4, 0.5) is 21.9 Å². The number of nitrogens with zero attached hydrogens (tertiary/aromatic N) is 1. The minimum Gasteiger partial charge on any atom is -0.489 e. The Morgan fingerprint density at radius 2 is 1.60 bits per heavy atom.